The van der Waals surface area contributed by atoms with Gasteiger partial charge >= 0.3 is 7.12 Å². The number of nitrogens with one attached hydrogen (secondary N) is 3. The summed E-state index contributed by atoms with van der Waals surface area (Å²) in [4.78, 5) is 35.2. The number of aromatic nitrogens is 6. The zero-order chi connectivity index (χ0) is 59.9. The van der Waals surface area contributed by atoms with Gasteiger partial charge in [0.15, 0.2) is 29.2 Å². The maximum absolute atomic E-state index is 15.2. The van der Waals surface area contributed by atoms with E-state index >= 15 is 8.78 Å². The van der Waals surface area contributed by atoms with Crippen LogP contribution in [0.2, 0.25) is 0 Å². The highest BCUT2D eigenvalue weighted by atomic mass is 79.9. The molecule has 84 heavy (non-hydrogen) atoms. The van der Waals surface area contributed by atoms with Crippen molar-refractivity contribution in [3.8, 4) is 11.1 Å². The molecule has 1 fully saturated rings. The van der Waals surface area contributed by atoms with Crippen LogP contribution in [0.4, 0.5) is 28.9 Å². The molecule has 11 rings (SSSR count). The Morgan fingerprint density at radius 3 is 1.77 bits per heavy atom. The van der Waals surface area contributed by atoms with Crippen molar-refractivity contribution in [1.82, 2.24) is 29.9 Å². The standard InChI is InChI=1S/C23H18F2N8O3S.C21H21BrF2N4O4S.C7H7BN4O2/c1-2-9-37(35,36)31-20-17(24)8-7-15(18(20)25)21(34)19-16-10-14(11-26-23(16)28-27-19)12-3-5-13(6-4-12)22-29-32-33-30-22;1-2-9-33(30,31)27-19-15(23)7-6-13(17(19)24)20(29)18-14-10-12(22)11-25-21(14)28(26-18)16-5-3-4-8-32-16;13-8(14)6-3-1-5(2-4-6)7-9-11-12-10-7/h3-8,10-11,22,31H,2,9H2,1H3,(H,26,27,28);6-7,10-11,16,27H,2-5,8-9H2,1H3;1-4,7,13-14H. The van der Waals surface area contributed by atoms with Gasteiger partial charge in [-0.05, 0) is 116 Å². The molecule has 434 valence electrons. The second-order valence-electron chi connectivity index (χ2n) is 18.6. The van der Waals surface area contributed by atoms with Gasteiger partial charge in [0.05, 0.1) is 33.4 Å². The fourth-order valence-corrected chi connectivity index (χ4v) is 11.3. The monoisotopic (exact) mass is 1260 g/mol. The highest BCUT2D eigenvalue weighted by molar-refractivity contribution is 9.10. The van der Waals surface area contributed by atoms with Gasteiger partial charge in [0.25, 0.3) is 0 Å². The number of sulfonamides is 2. The van der Waals surface area contributed by atoms with Gasteiger partial charge < -0.3 is 14.8 Å². The number of hydrogen-bond acceptors (Lipinski definition) is 21. The van der Waals surface area contributed by atoms with Gasteiger partial charge in [-0.15, -0.1) is 20.5 Å². The van der Waals surface area contributed by atoms with Crippen LogP contribution in [0.3, 0.4) is 0 Å². The summed E-state index contributed by atoms with van der Waals surface area (Å²) in [6.45, 7) is 3.77. The fraction of sp³-hybridized carbons (Fsp3) is 0.255. The summed E-state index contributed by atoms with van der Waals surface area (Å²) >= 11 is 3.32. The minimum atomic E-state index is -4.00. The Morgan fingerprint density at radius 2 is 1.25 bits per heavy atom. The van der Waals surface area contributed by atoms with E-state index in [9.17, 15) is 35.2 Å². The molecule has 5 N–H and O–H groups in total. The number of aromatic amines is 1. The number of halogens is 5. The molecule has 0 aliphatic carbocycles. The molecule has 0 amide bonds. The molecule has 1 unspecified atom stereocenters. The number of H-pyrrole nitrogens is 1. The van der Waals surface area contributed by atoms with Gasteiger partial charge in [0.2, 0.25) is 43.9 Å². The predicted octanol–water partition coefficient (Wildman–Crippen LogP) is 9.87. The number of rotatable bonds is 17. The predicted molar refractivity (Wildman–Crippen MR) is 300 cm³/mol. The van der Waals surface area contributed by atoms with Crippen molar-refractivity contribution in [2.45, 2.75) is 64.5 Å². The van der Waals surface area contributed by atoms with E-state index < -0.39 is 96.9 Å². The number of pyridine rings is 2. The third-order valence-electron chi connectivity index (χ3n) is 12.7. The van der Waals surface area contributed by atoms with Gasteiger partial charge in [0, 0.05) is 40.2 Å². The number of fused-ring (bicyclic) bond motifs is 2. The summed E-state index contributed by atoms with van der Waals surface area (Å²) in [5, 5.41) is 58.3. The average Bonchev–Trinajstić information content (AvgIpc) is 4.18. The van der Waals surface area contributed by atoms with Crippen LogP contribution in [0.25, 0.3) is 33.2 Å². The van der Waals surface area contributed by atoms with Crippen LogP contribution in [0.1, 0.15) is 108 Å². The molecule has 33 heteroatoms. The van der Waals surface area contributed by atoms with Crippen LogP contribution >= 0.6 is 15.9 Å². The van der Waals surface area contributed by atoms with Crippen molar-refractivity contribution in [2.75, 3.05) is 27.6 Å². The van der Waals surface area contributed by atoms with E-state index in [0.717, 1.165) is 53.8 Å². The third kappa shape index (κ3) is 13.6. The van der Waals surface area contributed by atoms with Gasteiger partial charge in [-0.2, -0.15) is 10.2 Å². The van der Waals surface area contributed by atoms with Gasteiger partial charge in [-0.3, -0.25) is 24.1 Å². The van der Waals surface area contributed by atoms with Crippen LogP contribution in [0.15, 0.2) is 143 Å². The van der Waals surface area contributed by atoms with Crippen LogP contribution < -0.4 is 14.9 Å². The molecular weight excluding hydrogens is 1210 g/mol. The first kappa shape index (κ1) is 60.1. The molecule has 3 aliphatic heterocycles. The Morgan fingerprint density at radius 1 is 0.702 bits per heavy atom. The van der Waals surface area contributed by atoms with E-state index in [0.29, 0.717) is 44.9 Å². The molecule has 1 atom stereocenters. The van der Waals surface area contributed by atoms with Crippen molar-refractivity contribution in [3.05, 3.63) is 159 Å². The Hall–Kier alpha value is -8.50. The molecule has 0 radical (unpaired) electrons. The summed E-state index contributed by atoms with van der Waals surface area (Å²) in [5.74, 6) is -7.23. The maximum Gasteiger partial charge on any atom is 0.488 e. The van der Waals surface area contributed by atoms with E-state index in [4.69, 9.17) is 14.8 Å². The minimum Gasteiger partial charge on any atom is -0.423 e. The zero-order valence-electron chi connectivity index (χ0n) is 44.0. The molecule has 7 heterocycles. The number of carbonyl (C=O) groups excluding carboxylic acids is 2. The summed E-state index contributed by atoms with van der Waals surface area (Å²) in [5.41, 5.74) is 1.03. The molecular formula is C51H46BBrF4N16O9S2. The SMILES string of the molecule is CCCS(=O)(=O)Nc1c(F)ccc(C(=O)c2[nH]nc3ncc(-c4ccc(C5N=NN=N5)cc4)cc23)c1F.CCCS(=O)(=O)Nc1c(F)ccc(C(=O)c2nn(C3CCCCO3)c3ncc(Br)cc23)c1F.OB(O)c1ccc(C2N=NN=N2)cc1. The topological polar surface area (TPSA) is 347 Å². The molecule has 4 aromatic heterocycles. The number of benzene rings is 4. The van der Waals surface area contributed by atoms with Crippen LogP contribution in [-0.4, -0.2) is 93.6 Å². The average molecular weight is 1260 g/mol. The molecule has 1 saturated heterocycles. The van der Waals surface area contributed by atoms with Gasteiger partial charge in [0.1, 0.15) is 34.4 Å². The van der Waals surface area contributed by atoms with E-state index in [-0.39, 0.29) is 47.5 Å². The van der Waals surface area contributed by atoms with Crippen molar-refractivity contribution in [2.24, 2.45) is 41.4 Å². The van der Waals surface area contributed by atoms with E-state index in [1.54, 1.807) is 62.6 Å². The molecule has 4 aromatic carbocycles. The number of hydrogen-bond donors (Lipinski definition) is 5. The number of carbonyl (C=O) groups is 2. The highest BCUT2D eigenvalue weighted by Crippen LogP contribution is 2.34. The lowest BCUT2D eigenvalue weighted by Crippen LogP contribution is -2.29. The van der Waals surface area contributed by atoms with Crippen molar-refractivity contribution in [1.29, 1.82) is 0 Å². The molecule has 3 aliphatic rings. The number of anilines is 2. The summed E-state index contributed by atoms with van der Waals surface area (Å²) < 4.78 is 119. The van der Waals surface area contributed by atoms with Crippen LogP contribution in [-0.2, 0) is 24.8 Å². The van der Waals surface area contributed by atoms with E-state index in [1.165, 1.54) is 4.68 Å². The Kier molecular flexibility index (Phi) is 18.6. The number of nitrogens with zero attached hydrogens (tertiary/aromatic N) is 13. The second kappa shape index (κ2) is 26.0. The summed E-state index contributed by atoms with van der Waals surface area (Å²) in [7, 11) is -9.43. The lowest BCUT2D eigenvalue weighted by atomic mass is 9.80. The molecule has 0 saturated carbocycles. The quantitative estimate of drug-likeness (QED) is 0.0322. The lowest BCUT2D eigenvalue weighted by molar-refractivity contribution is -0.0371. The van der Waals surface area contributed by atoms with E-state index in [2.05, 4.69) is 82.5 Å². The Labute approximate surface area is 483 Å². The molecule has 25 nitrogen and oxygen atoms in total. The first-order valence-electron chi connectivity index (χ1n) is 25.5. The molecule has 8 aromatic rings. The Balaban J connectivity index is 0.000000165. The zero-order valence-corrected chi connectivity index (χ0v) is 47.2. The van der Waals surface area contributed by atoms with Gasteiger partial charge in [-0.25, -0.2) is 49.0 Å². The third-order valence-corrected chi connectivity index (χ3v) is 16.1. The van der Waals surface area contributed by atoms with Crippen LogP contribution in [0.5, 0.6) is 0 Å². The smallest absolute Gasteiger partial charge is 0.423 e. The normalized spacial score (nSPS) is 15.0. The van der Waals surface area contributed by atoms with Crippen molar-refractivity contribution >= 4 is 93.6 Å². The summed E-state index contributed by atoms with van der Waals surface area (Å²) in [6, 6.07) is 20.8. The first-order chi connectivity index (χ1) is 40.3. The minimum absolute atomic E-state index is 0.0828. The van der Waals surface area contributed by atoms with Crippen molar-refractivity contribution in [3.63, 3.8) is 0 Å². The van der Waals surface area contributed by atoms with E-state index in [1.807, 2.05) is 33.7 Å². The first-order valence-corrected chi connectivity index (χ1v) is 29.6. The fourth-order valence-electron chi connectivity index (χ4n) is 8.66. The molecule has 0 spiro atoms. The highest BCUT2D eigenvalue weighted by Gasteiger charge is 2.30. The summed E-state index contributed by atoms with van der Waals surface area (Å²) in [6.07, 6.45) is 4.82. The largest absolute Gasteiger partial charge is 0.488 e. The number of ether oxygens (including phenoxy) is 1. The number of ketones is 2. The van der Waals surface area contributed by atoms with Crippen LogP contribution in [0, 0.1) is 23.3 Å². The molecule has 0 bridgehead atoms. The van der Waals surface area contributed by atoms with Crippen molar-refractivity contribution < 1.29 is 58.8 Å². The lowest BCUT2D eigenvalue weighted by Gasteiger charge is -2.22. The second-order valence-corrected chi connectivity index (χ2v) is 23.2. The maximum atomic E-state index is 15.2. The van der Waals surface area contributed by atoms with Gasteiger partial charge in [-0.1, -0.05) is 62.4 Å². The Bertz CT molecular complexity index is 4130.